The third-order valence-electron chi connectivity index (χ3n) is 6.65. The van der Waals surface area contributed by atoms with E-state index in [1.807, 2.05) is 4.90 Å². The normalized spacial score (nSPS) is 25.6. The highest BCUT2D eigenvalue weighted by Gasteiger charge is 2.50. The molecule has 0 radical (unpaired) electrons. The quantitative estimate of drug-likeness (QED) is 0.888. The number of anilines is 1. The lowest BCUT2D eigenvalue weighted by Gasteiger charge is -2.37. The van der Waals surface area contributed by atoms with Gasteiger partial charge in [-0.05, 0) is 50.3 Å². The smallest absolute Gasteiger partial charge is 0.226 e. The van der Waals surface area contributed by atoms with E-state index in [1.165, 1.54) is 29.7 Å². The van der Waals surface area contributed by atoms with Crippen LogP contribution in [0.4, 0.5) is 5.69 Å². The molecule has 5 heteroatoms. The van der Waals surface area contributed by atoms with Gasteiger partial charge < -0.3 is 15.1 Å². The molecule has 2 atom stereocenters. The fourth-order valence-corrected chi connectivity index (χ4v) is 4.62. The van der Waals surface area contributed by atoms with Gasteiger partial charge in [0.25, 0.3) is 0 Å². The van der Waals surface area contributed by atoms with Crippen LogP contribution in [0.15, 0.2) is 18.2 Å². The van der Waals surface area contributed by atoms with Gasteiger partial charge in [0, 0.05) is 37.9 Å². The molecule has 2 unspecified atom stereocenters. The molecule has 0 bridgehead atoms. The standard InChI is InChI=1S/C22H31N3O2/c1-15-6-5-9-20(16(15)2)24-10-12-25(13-11-24)22(27)19-14-18(19)21(26)23-17-7-3-4-8-17/h5-6,9,17-19H,3-4,7-8,10-14H2,1-2H3,(H,23,26). The van der Waals surface area contributed by atoms with Gasteiger partial charge in [0.15, 0.2) is 0 Å². The number of nitrogens with zero attached hydrogens (tertiary/aromatic N) is 2. The molecule has 5 nitrogen and oxygen atoms in total. The predicted molar refractivity (Wildman–Crippen MR) is 107 cm³/mol. The summed E-state index contributed by atoms with van der Waals surface area (Å²) in [7, 11) is 0. The topological polar surface area (TPSA) is 52.7 Å². The van der Waals surface area contributed by atoms with Crippen LogP contribution in [-0.4, -0.2) is 48.9 Å². The van der Waals surface area contributed by atoms with E-state index in [-0.39, 0.29) is 23.7 Å². The first-order valence-corrected chi connectivity index (χ1v) is 10.4. The summed E-state index contributed by atoms with van der Waals surface area (Å²) in [6, 6.07) is 6.76. The molecule has 146 valence electrons. The van der Waals surface area contributed by atoms with E-state index in [2.05, 4.69) is 42.3 Å². The molecular weight excluding hydrogens is 338 g/mol. The molecule has 0 aromatic heterocycles. The number of amides is 2. The molecule has 2 amide bonds. The number of aryl methyl sites for hydroxylation is 1. The molecule has 4 rings (SSSR count). The molecule has 1 aromatic rings. The van der Waals surface area contributed by atoms with Crippen molar-refractivity contribution >= 4 is 17.5 Å². The highest BCUT2D eigenvalue weighted by molar-refractivity contribution is 5.92. The van der Waals surface area contributed by atoms with E-state index in [9.17, 15) is 9.59 Å². The zero-order chi connectivity index (χ0) is 19.0. The highest BCUT2D eigenvalue weighted by atomic mass is 16.2. The third kappa shape index (κ3) is 3.83. The second-order valence-corrected chi connectivity index (χ2v) is 8.47. The van der Waals surface area contributed by atoms with E-state index in [1.54, 1.807) is 0 Å². The maximum absolute atomic E-state index is 12.8. The first kappa shape index (κ1) is 18.3. The Morgan fingerprint density at radius 1 is 1.00 bits per heavy atom. The summed E-state index contributed by atoms with van der Waals surface area (Å²) < 4.78 is 0. The van der Waals surface area contributed by atoms with Crippen LogP contribution in [0, 0.1) is 25.7 Å². The van der Waals surface area contributed by atoms with Crippen LogP contribution < -0.4 is 10.2 Å². The molecule has 1 N–H and O–H groups in total. The zero-order valence-corrected chi connectivity index (χ0v) is 16.5. The predicted octanol–water partition coefficient (Wildman–Crippen LogP) is 2.65. The van der Waals surface area contributed by atoms with E-state index in [0.717, 1.165) is 45.4 Å². The maximum atomic E-state index is 12.8. The van der Waals surface area contributed by atoms with Crippen molar-refractivity contribution in [2.45, 2.75) is 52.0 Å². The summed E-state index contributed by atoms with van der Waals surface area (Å²) in [6.07, 6.45) is 5.34. The first-order valence-electron chi connectivity index (χ1n) is 10.4. The van der Waals surface area contributed by atoms with Gasteiger partial charge in [-0.2, -0.15) is 0 Å². The van der Waals surface area contributed by atoms with Gasteiger partial charge in [0.1, 0.15) is 0 Å². The Morgan fingerprint density at radius 3 is 2.41 bits per heavy atom. The van der Waals surface area contributed by atoms with Crippen molar-refractivity contribution in [2.75, 3.05) is 31.1 Å². The lowest BCUT2D eigenvalue weighted by molar-refractivity contribution is -0.135. The molecule has 3 fully saturated rings. The Balaban J connectivity index is 1.28. The molecule has 1 saturated heterocycles. The van der Waals surface area contributed by atoms with Crippen LogP contribution in [0.5, 0.6) is 0 Å². The maximum Gasteiger partial charge on any atom is 0.226 e. The fraction of sp³-hybridized carbons (Fsp3) is 0.636. The highest BCUT2D eigenvalue weighted by Crippen LogP contribution is 2.41. The van der Waals surface area contributed by atoms with E-state index in [0.29, 0.717) is 6.04 Å². The van der Waals surface area contributed by atoms with Crippen LogP contribution in [0.2, 0.25) is 0 Å². The summed E-state index contributed by atoms with van der Waals surface area (Å²) in [4.78, 5) is 29.5. The number of hydrogen-bond donors (Lipinski definition) is 1. The van der Waals surface area contributed by atoms with Gasteiger partial charge in [-0.25, -0.2) is 0 Å². The second kappa shape index (κ2) is 7.53. The minimum absolute atomic E-state index is 0.0846. The number of carbonyl (C=O) groups excluding carboxylic acids is 2. The minimum atomic E-state index is -0.0878. The Kier molecular flexibility index (Phi) is 5.11. The molecule has 1 aromatic carbocycles. The van der Waals surface area contributed by atoms with Gasteiger partial charge in [-0.1, -0.05) is 25.0 Å². The van der Waals surface area contributed by atoms with Crippen molar-refractivity contribution in [3.8, 4) is 0 Å². The molecule has 2 aliphatic carbocycles. The lowest BCUT2D eigenvalue weighted by atomic mass is 10.1. The van der Waals surface area contributed by atoms with Crippen molar-refractivity contribution in [3.63, 3.8) is 0 Å². The largest absolute Gasteiger partial charge is 0.368 e. The molecular formula is C22H31N3O2. The lowest BCUT2D eigenvalue weighted by Crippen LogP contribution is -2.49. The molecule has 1 aliphatic heterocycles. The van der Waals surface area contributed by atoms with Crippen molar-refractivity contribution in [1.82, 2.24) is 10.2 Å². The molecule has 27 heavy (non-hydrogen) atoms. The molecule has 2 saturated carbocycles. The minimum Gasteiger partial charge on any atom is -0.368 e. The Morgan fingerprint density at radius 2 is 1.70 bits per heavy atom. The summed E-state index contributed by atoms with van der Waals surface area (Å²) in [5.41, 5.74) is 3.91. The van der Waals surface area contributed by atoms with Gasteiger partial charge in [0.05, 0.1) is 11.8 Å². The van der Waals surface area contributed by atoms with Crippen LogP contribution >= 0.6 is 0 Å². The summed E-state index contributed by atoms with van der Waals surface area (Å²) in [5.74, 6) is 0.116. The van der Waals surface area contributed by atoms with E-state index < -0.39 is 0 Å². The summed E-state index contributed by atoms with van der Waals surface area (Å²) in [5, 5.41) is 3.15. The van der Waals surface area contributed by atoms with Crippen molar-refractivity contribution in [2.24, 2.45) is 11.8 Å². The average Bonchev–Trinajstić information content (AvgIpc) is 3.33. The molecule has 0 spiro atoms. The van der Waals surface area contributed by atoms with Crippen molar-refractivity contribution < 1.29 is 9.59 Å². The Hall–Kier alpha value is -2.04. The van der Waals surface area contributed by atoms with Crippen molar-refractivity contribution in [3.05, 3.63) is 29.3 Å². The monoisotopic (exact) mass is 369 g/mol. The van der Waals surface area contributed by atoms with Gasteiger partial charge in [0.2, 0.25) is 11.8 Å². The number of nitrogens with one attached hydrogen (secondary N) is 1. The van der Waals surface area contributed by atoms with Crippen molar-refractivity contribution in [1.29, 1.82) is 0 Å². The second-order valence-electron chi connectivity index (χ2n) is 8.47. The third-order valence-corrected chi connectivity index (χ3v) is 6.65. The number of carbonyl (C=O) groups is 2. The zero-order valence-electron chi connectivity index (χ0n) is 16.5. The fourth-order valence-electron chi connectivity index (χ4n) is 4.62. The number of piperazine rings is 1. The van der Waals surface area contributed by atoms with Crippen LogP contribution in [0.25, 0.3) is 0 Å². The SMILES string of the molecule is Cc1cccc(N2CCN(C(=O)C3CC3C(=O)NC3CCCC3)CC2)c1C. The average molecular weight is 370 g/mol. The van der Waals surface area contributed by atoms with E-state index in [4.69, 9.17) is 0 Å². The van der Waals surface area contributed by atoms with Crippen LogP contribution in [-0.2, 0) is 9.59 Å². The number of benzene rings is 1. The Labute approximate surface area is 162 Å². The number of hydrogen-bond acceptors (Lipinski definition) is 3. The first-order chi connectivity index (χ1) is 13.0. The van der Waals surface area contributed by atoms with Gasteiger partial charge in [-0.15, -0.1) is 0 Å². The summed E-state index contributed by atoms with van der Waals surface area (Å²) in [6.45, 7) is 7.53. The van der Waals surface area contributed by atoms with E-state index >= 15 is 0 Å². The number of rotatable bonds is 4. The van der Waals surface area contributed by atoms with Crippen LogP contribution in [0.3, 0.4) is 0 Å². The van der Waals surface area contributed by atoms with Gasteiger partial charge >= 0.3 is 0 Å². The summed E-state index contributed by atoms with van der Waals surface area (Å²) >= 11 is 0. The van der Waals surface area contributed by atoms with Gasteiger partial charge in [-0.3, -0.25) is 9.59 Å². The Bertz CT molecular complexity index is 718. The molecule has 1 heterocycles. The molecule has 3 aliphatic rings. The van der Waals surface area contributed by atoms with Crippen LogP contribution in [0.1, 0.15) is 43.2 Å².